The number of nitrogens with two attached hydrogens (primary N) is 1. The zero-order chi connectivity index (χ0) is 9.84. The molecule has 5 nitrogen and oxygen atoms in total. The van der Waals surface area contributed by atoms with Crippen molar-refractivity contribution < 1.29 is 14.7 Å². The molecular formula is C7H8N2O3S. The maximum Gasteiger partial charge on any atom is 0.261 e. The molecule has 1 aromatic rings. The van der Waals surface area contributed by atoms with Gasteiger partial charge >= 0.3 is 0 Å². The minimum absolute atomic E-state index is 0.0363. The Kier molecular flexibility index (Phi) is 2.86. The number of nitrogens with one attached hydrogen (secondary N) is 1. The Hall–Kier alpha value is -1.56. The fourth-order valence-electron chi connectivity index (χ4n) is 0.700. The largest absolute Gasteiger partial charge is 0.507 e. The molecule has 13 heavy (non-hydrogen) atoms. The normalized spacial score (nSPS) is 9.54. The second-order valence-electron chi connectivity index (χ2n) is 2.32. The predicted octanol–water partition coefficient (Wildman–Crippen LogP) is -0.331. The molecule has 0 aliphatic rings. The first-order valence-corrected chi connectivity index (χ1v) is 4.31. The quantitative estimate of drug-likeness (QED) is 0.623. The van der Waals surface area contributed by atoms with Crippen molar-refractivity contribution in [3.63, 3.8) is 0 Å². The summed E-state index contributed by atoms with van der Waals surface area (Å²) in [4.78, 5) is 21.8. The summed E-state index contributed by atoms with van der Waals surface area (Å²) in [6.45, 7) is -0.197. The lowest BCUT2D eigenvalue weighted by Crippen LogP contribution is -2.32. The van der Waals surface area contributed by atoms with Crippen LogP contribution in [0.25, 0.3) is 0 Å². The second kappa shape index (κ2) is 3.90. The summed E-state index contributed by atoms with van der Waals surface area (Å²) in [5.41, 5.74) is 4.82. The van der Waals surface area contributed by atoms with Crippen molar-refractivity contribution in [2.75, 3.05) is 6.54 Å². The van der Waals surface area contributed by atoms with E-state index in [2.05, 4.69) is 5.32 Å². The molecule has 0 saturated carbocycles. The van der Waals surface area contributed by atoms with Gasteiger partial charge in [0.05, 0.1) is 11.4 Å². The number of primary amides is 1. The SMILES string of the molecule is NC(=O)CNC(=O)c1cc(O)cs1. The van der Waals surface area contributed by atoms with Crippen molar-refractivity contribution in [3.8, 4) is 5.75 Å². The molecule has 2 amide bonds. The van der Waals surface area contributed by atoms with Gasteiger partial charge in [0.15, 0.2) is 0 Å². The average Bonchev–Trinajstić information content (AvgIpc) is 2.47. The van der Waals surface area contributed by atoms with Gasteiger partial charge in [-0.1, -0.05) is 0 Å². The first-order chi connectivity index (χ1) is 6.09. The molecule has 0 aliphatic carbocycles. The Morgan fingerprint density at radius 2 is 2.31 bits per heavy atom. The Labute approximate surface area is 78.2 Å². The minimum Gasteiger partial charge on any atom is -0.507 e. The third-order valence-corrected chi connectivity index (χ3v) is 2.15. The minimum atomic E-state index is -0.603. The zero-order valence-electron chi connectivity index (χ0n) is 6.61. The van der Waals surface area contributed by atoms with E-state index in [4.69, 9.17) is 10.8 Å². The van der Waals surface area contributed by atoms with Crippen molar-refractivity contribution in [1.29, 1.82) is 0 Å². The molecule has 0 atom stereocenters. The molecule has 1 aromatic heterocycles. The van der Waals surface area contributed by atoms with Crippen LogP contribution in [0.4, 0.5) is 0 Å². The lowest BCUT2D eigenvalue weighted by Gasteiger charge is -1.98. The van der Waals surface area contributed by atoms with Gasteiger partial charge in [-0.15, -0.1) is 11.3 Å². The molecule has 6 heteroatoms. The van der Waals surface area contributed by atoms with E-state index >= 15 is 0 Å². The lowest BCUT2D eigenvalue weighted by atomic mass is 10.4. The van der Waals surface area contributed by atoms with Crippen molar-refractivity contribution in [2.45, 2.75) is 0 Å². The highest BCUT2D eigenvalue weighted by Crippen LogP contribution is 2.19. The highest BCUT2D eigenvalue weighted by Gasteiger charge is 2.08. The smallest absolute Gasteiger partial charge is 0.261 e. The topological polar surface area (TPSA) is 92.4 Å². The van der Waals surface area contributed by atoms with Crippen LogP contribution in [0, 0.1) is 0 Å². The summed E-state index contributed by atoms with van der Waals surface area (Å²) >= 11 is 1.10. The molecule has 70 valence electrons. The molecule has 0 bridgehead atoms. The number of amides is 2. The molecule has 0 aliphatic heterocycles. The van der Waals surface area contributed by atoms with Crippen LogP contribution < -0.4 is 11.1 Å². The van der Waals surface area contributed by atoms with Crippen LogP contribution in [0.5, 0.6) is 5.75 Å². The number of carbonyl (C=O) groups excluding carboxylic acids is 2. The van der Waals surface area contributed by atoms with E-state index in [9.17, 15) is 9.59 Å². The molecule has 4 N–H and O–H groups in total. The van der Waals surface area contributed by atoms with E-state index in [-0.39, 0.29) is 12.3 Å². The second-order valence-corrected chi connectivity index (χ2v) is 3.23. The molecule has 0 aromatic carbocycles. The van der Waals surface area contributed by atoms with Gasteiger partial charge in [-0.3, -0.25) is 9.59 Å². The number of hydrogen-bond donors (Lipinski definition) is 3. The van der Waals surface area contributed by atoms with Crippen LogP contribution in [-0.2, 0) is 4.79 Å². The highest BCUT2D eigenvalue weighted by atomic mass is 32.1. The van der Waals surface area contributed by atoms with Gasteiger partial charge in [-0.2, -0.15) is 0 Å². The Bertz CT molecular complexity index is 334. The van der Waals surface area contributed by atoms with Crippen LogP contribution in [0.2, 0.25) is 0 Å². The highest BCUT2D eigenvalue weighted by molar-refractivity contribution is 7.12. The molecule has 0 fully saturated rings. The van der Waals surface area contributed by atoms with Crippen LogP contribution in [0.3, 0.4) is 0 Å². The predicted molar refractivity (Wildman–Crippen MR) is 47.5 cm³/mol. The number of carbonyl (C=O) groups is 2. The number of rotatable bonds is 3. The zero-order valence-corrected chi connectivity index (χ0v) is 7.43. The number of thiophene rings is 1. The van der Waals surface area contributed by atoms with Crippen molar-refractivity contribution >= 4 is 23.2 Å². The Morgan fingerprint density at radius 3 is 2.77 bits per heavy atom. The third kappa shape index (κ3) is 2.75. The Morgan fingerprint density at radius 1 is 1.62 bits per heavy atom. The average molecular weight is 200 g/mol. The maximum absolute atomic E-state index is 11.1. The standard InChI is InChI=1S/C7H8N2O3S/c8-6(11)2-9-7(12)5-1-4(10)3-13-5/h1,3,10H,2H2,(H2,8,11)(H,9,12). The van der Waals surface area contributed by atoms with E-state index in [1.165, 1.54) is 11.4 Å². The molecule has 0 radical (unpaired) electrons. The summed E-state index contributed by atoms with van der Waals surface area (Å²) < 4.78 is 0. The van der Waals surface area contributed by atoms with Gasteiger partial charge in [-0.05, 0) is 0 Å². The fraction of sp³-hybridized carbons (Fsp3) is 0.143. The summed E-state index contributed by atoms with van der Waals surface area (Å²) in [7, 11) is 0. The third-order valence-electron chi connectivity index (χ3n) is 1.23. The van der Waals surface area contributed by atoms with Gasteiger partial charge in [-0.25, -0.2) is 0 Å². The van der Waals surface area contributed by atoms with Gasteiger partial charge in [0, 0.05) is 11.4 Å². The molecule has 1 heterocycles. The summed E-state index contributed by atoms with van der Waals surface area (Å²) in [6, 6.07) is 1.32. The molecule has 1 rings (SSSR count). The van der Waals surface area contributed by atoms with Crippen molar-refractivity contribution in [1.82, 2.24) is 5.32 Å². The first kappa shape index (κ1) is 9.53. The van der Waals surface area contributed by atoms with Crippen LogP contribution in [0.1, 0.15) is 9.67 Å². The number of aromatic hydroxyl groups is 1. The van der Waals surface area contributed by atoms with Crippen molar-refractivity contribution in [3.05, 3.63) is 16.3 Å². The van der Waals surface area contributed by atoms with E-state index in [0.29, 0.717) is 4.88 Å². The lowest BCUT2D eigenvalue weighted by molar-refractivity contribution is -0.117. The van der Waals surface area contributed by atoms with E-state index in [1.54, 1.807) is 0 Å². The molecule has 0 spiro atoms. The van der Waals surface area contributed by atoms with E-state index < -0.39 is 11.8 Å². The molecular weight excluding hydrogens is 192 g/mol. The van der Waals surface area contributed by atoms with E-state index in [1.807, 2.05) is 0 Å². The molecule has 0 unspecified atom stereocenters. The maximum atomic E-state index is 11.1. The van der Waals surface area contributed by atoms with Gasteiger partial charge < -0.3 is 16.2 Å². The summed E-state index contributed by atoms with van der Waals surface area (Å²) in [5, 5.41) is 12.6. The van der Waals surface area contributed by atoms with Crippen LogP contribution in [0.15, 0.2) is 11.4 Å². The van der Waals surface area contributed by atoms with Crippen molar-refractivity contribution in [2.24, 2.45) is 5.73 Å². The van der Waals surface area contributed by atoms with Gasteiger partial charge in [0.2, 0.25) is 5.91 Å². The van der Waals surface area contributed by atoms with Crippen LogP contribution in [-0.4, -0.2) is 23.5 Å². The molecule has 0 saturated heterocycles. The Balaban J connectivity index is 2.54. The monoisotopic (exact) mass is 200 g/mol. The fourth-order valence-corrected chi connectivity index (χ4v) is 1.38. The summed E-state index contributed by atoms with van der Waals surface area (Å²) in [5.74, 6) is -0.979. The van der Waals surface area contributed by atoms with Gasteiger partial charge in [0.1, 0.15) is 5.75 Å². The first-order valence-electron chi connectivity index (χ1n) is 3.43. The van der Waals surface area contributed by atoms with E-state index in [0.717, 1.165) is 11.3 Å². The summed E-state index contributed by atoms with van der Waals surface area (Å²) in [6.07, 6.45) is 0. The number of hydrogen-bond acceptors (Lipinski definition) is 4. The van der Waals surface area contributed by atoms with Crippen LogP contribution >= 0.6 is 11.3 Å². The van der Waals surface area contributed by atoms with Gasteiger partial charge in [0.25, 0.3) is 5.91 Å².